The summed E-state index contributed by atoms with van der Waals surface area (Å²) in [5.74, 6) is -0.583. The summed E-state index contributed by atoms with van der Waals surface area (Å²) in [7, 11) is 1.32. The Morgan fingerprint density at radius 1 is 0.950 bits per heavy atom. The smallest absolute Gasteiger partial charge is 0.341 e. The van der Waals surface area contributed by atoms with Gasteiger partial charge in [0.15, 0.2) is 5.54 Å². The summed E-state index contributed by atoms with van der Waals surface area (Å²) in [6, 6.07) is 18.3. The zero-order valence-corrected chi connectivity index (χ0v) is 23.7. The molecule has 6 nitrogen and oxygen atoms in total. The summed E-state index contributed by atoms with van der Waals surface area (Å²) < 4.78 is 5.30. The number of hydrogen-bond donors (Lipinski definition) is 2. The second-order valence-corrected chi connectivity index (χ2v) is 12.9. The number of nitrogens with one attached hydrogen (secondary N) is 2. The van der Waals surface area contributed by atoms with Gasteiger partial charge in [0.1, 0.15) is 5.92 Å². The average Bonchev–Trinajstić information content (AvgIpc) is 3.38. The van der Waals surface area contributed by atoms with Crippen molar-refractivity contribution in [2.24, 2.45) is 34.5 Å². The number of piperidine rings is 1. The lowest BCUT2D eigenvalue weighted by atomic mass is 9.49. The van der Waals surface area contributed by atoms with Crippen molar-refractivity contribution in [3.63, 3.8) is 0 Å². The van der Waals surface area contributed by atoms with E-state index < -0.39 is 23.3 Å². The van der Waals surface area contributed by atoms with Gasteiger partial charge in [0.25, 0.3) is 0 Å². The number of hydrogen-bond acceptors (Lipinski definition) is 4. The zero-order valence-electron chi connectivity index (χ0n) is 23.7. The summed E-state index contributed by atoms with van der Waals surface area (Å²) in [4.78, 5) is 41.3. The molecule has 40 heavy (non-hydrogen) atoms. The van der Waals surface area contributed by atoms with Crippen molar-refractivity contribution in [3.8, 4) is 0 Å². The van der Waals surface area contributed by atoms with Gasteiger partial charge in [0.05, 0.1) is 7.11 Å². The third-order valence-corrected chi connectivity index (χ3v) is 11.0. The molecule has 0 spiro atoms. The minimum Gasteiger partial charge on any atom is -0.467 e. The molecule has 6 atom stereocenters. The number of carbonyl (C=O) groups is 3. The fourth-order valence-corrected chi connectivity index (χ4v) is 8.89. The molecule has 6 rings (SSSR count). The number of rotatable bonds is 5. The highest BCUT2D eigenvalue weighted by Crippen LogP contribution is 2.64. The Kier molecular flexibility index (Phi) is 6.63. The van der Waals surface area contributed by atoms with Crippen molar-refractivity contribution in [1.82, 2.24) is 10.6 Å². The van der Waals surface area contributed by atoms with Gasteiger partial charge in [0, 0.05) is 11.1 Å². The highest BCUT2D eigenvalue weighted by atomic mass is 16.5. The van der Waals surface area contributed by atoms with Crippen LogP contribution in [0.2, 0.25) is 0 Å². The summed E-state index contributed by atoms with van der Waals surface area (Å²) in [5, 5.41) is 6.19. The molecule has 3 fully saturated rings. The van der Waals surface area contributed by atoms with E-state index in [0.29, 0.717) is 40.7 Å². The average molecular weight is 541 g/mol. The van der Waals surface area contributed by atoms with Gasteiger partial charge in [-0.3, -0.25) is 9.59 Å². The van der Waals surface area contributed by atoms with Gasteiger partial charge in [-0.25, -0.2) is 4.79 Å². The highest BCUT2D eigenvalue weighted by molar-refractivity contribution is 6.04. The molecule has 0 radical (unpaired) electrons. The third kappa shape index (κ3) is 4.02. The predicted octanol–water partition coefficient (Wildman–Crippen LogP) is 5.48. The monoisotopic (exact) mass is 540 g/mol. The topological polar surface area (TPSA) is 84.5 Å². The maximum absolute atomic E-state index is 14.2. The number of carbonyl (C=O) groups excluding carboxylic acids is 3. The van der Waals surface area contributed by atoms with Gasteiger partial charge < -0.3 is 15.4 Å². The SMILES string of the molecule is COC(=O)C(NC(=O)C1C[C@@]2(C)C(=CC[C@@H]3[C@H]2CC[C@]2(C)CCC[C@@H]32)NC1=O)(c1ccccc1)c1ccccc1. The number of allylic oxidation sites excluding steroid dienone is 2. The van der Waals surface area contributed by atoms with Crippen molar-refractivity contribution in [3.05, 3.63) is 83.6 Å². The molecule has 1 unspecified atom stereocenters. The molecule has 0 aromatic heterocycles. The first kappa shape index (κ1) is 26.8. The Balaban J connectivity index is 1.35. The fraction of sp³-hybridized carbons (Fsp3) is 0.500. The molecule has 4 aliphatic rings. The molecule has 1 aliphatic heterocycles. The minimum atomic E-state index is -1.59. The largest absolute Gasteiger partial charge is 0.467 e. The van der Waals surface area contributed by atoms with Gasteiger partial charge >= 0.3 is 5.97 Å². The predicted molar refractivity (Wildman–Crippen MR) is 153 cm³/mol. The normalized spacial score (nSPS) is 33.0. The first-order valence-electron chi connectivity index (χ1n) is 14.8. The van der Waals surface area contributed by atoms with Crippen LogP contribution in [0.3, 0.4) is 0 Å². The van der Waals surface area contributed by atoms with Crippen molar-refractivity contribution >= 4 is 17.8 Å². The first-order chi connectivity index (χ1) is 19.2. The number of fused-ring (bicyclic) bond motifs is 5. The quantitative estimate of drug-likeness (QED) is 0.389. The van der Waals surface area contributed by atoms with Crippen LogP contribution in [0.25, 0.3) is 0 Å². The molecule has 6 heteroatoms. The lowest BCUT2D eigenvalue weighted by Crippen LogP contribution is -2.60. The molecule has 2 N–H and O–H groups in total. The Morgan fingerprint density at radius 2 is 1.60 bits per heavy atom. The Morgan fingerprint density at radius 3 is 2.23 bits per heavy atom. The summed E-state index contributed by atoms with van der Waals surface area (Å²) >= 11 is 0. The molecular weight excluding hydrogens is 500 g/mol. The number of benzene rings is 2. The van der Waals surface area contributed by atoms with Gasteiger partial charge in [0.2, 0.25) is 11.8 Å². The molecule has 210 valence electrons. The number of amides is 2. The summed E-state index contributed by atoms with van der Waals surface area (Å²) in [6.45, 7) is 4.72. The molecule has 2 amide bonds. The number of ether oxygens (including phenoxy) is 1. The van der Waals surface area contributed by atoms with Gasteiger partial charge in [-0.15, -0.1) is 0 Å². The van der Waals surface area contributed by atoms with Crippen molar-refractivity contribution < 1.29 is 19.1 Å². The van der Waals surface area contributed by atoms with E-state index in [4.69, 9.17) is 4.74 Å². The minimum absolute atomic E-state index is 0.295. The summed E-state index contributed by atoms with van der Waals surface area (Å²) in [6.07, 6.45) is 9.89. The van der Waals surface area contributed by atoms with E-state index in [-0.39, 0.29) is 11.3 Å². The standard InChI is InChI=1S/C34H40N2O4/c1-32-19-10-15-26(32)24-16-17-28-33(2,27(24)18-20-32)21-25(29(37)35-28)30(38)36-34(31(39)40-3,22-11-6-4-7-12-22)23-13-8-5-9-14-23/h4-9,11-14,17,24-27H,10,15-16,18-21H2,1-3H3,(H,35,37)(H,36,38)/t24-,25?,26-,27+,32-,33+/m0/s1. The van der Waals surface area contributed by atoms with E-state index in [1.165, 1.54) is 32.8 Å². The summed E-state index contributed by atoms with van der Waals surface area (Å²) in [5.41, 5.74) is 0.677. The lowest BCUT2D eigenvalue weighted by molar-refractivity contribution is -0.152. The van der Waals surface area contributed by atoms with Crippen LogP contribution in [0.5, 0.6) is 0 Å². The Hall–Kier alpha value is -3.41. The van der Waals surface area contributed by atoms with E-state index >= 15 is 0 Å². The molecular formula is C34H40N2O4. The van der Waals surface area contributed by atoms with Crippen LogP contribution >= 0.6 is 0 Å². The highest BCUT2D eigenvalue weighted by Gasteiger charge is 2.58. The van der Waals surface area contributed by atoms with E-state index in [2.05, 4.69) is 30.6 Å². The van der Waals surface area contributed by atoms with Crippen LogP contribution in [0.15, 0.2) is 72.4 Å². The van der Waals surface area contributed by atoms with Crippen LogP contribution in [0.4, 0.5) is 0 Å². The fourth-order valence-electron chi connectivity index (χ4n) is 8.89. The Bertz CT molecular complexity index is 1300. The molecule has 3 aliphatic carbocycles. The molecule has 1 heterocycles. The van der Waals surface area contributed by atoms with E-state index in [0.717, 1.165) is 18.5 Å². The third-order valence-electron chi connectivity index (χ3n) is 11.0. The number of methoxy groups -OCH3 is 1. The lowest BCUT2D eigenvalue weighted by Gasteiger charge is -2.57. The second-order valence-electron chi connectivity index (χ2n) is 12.9. The van der Waals surface area contributed by atoms with E-state index in [9.17, 15) is 14.4 Å². The van der Waals surface area contributed by atoms with Gasteiger partial charge in [-0.2, -0.15) is 0 Å². The Labute approximate surface area is 237 Å². The van der Waals surface area contributed by atoms with Crippen LogP contribution in [0.1, 0.15) is 69.9 Å². The molecule has 2 saturated carbocycles. The molecule has 1 saturated heterocycles. The van der Waals surface area contributed by atoms with Crippen LogP contribution < -0.4 is 10.6 Å². The number of esters is 1. The van der Waals surface area contributed by atoms with Gasteiger partial charge in [-0.1, -0.05) is 87.0 Å². The molecule has 2 aromatic rings. The maximum atomic E-state index is 14.2. The maximum Gasteiger partial charge on any atom is 0.341 e. The zero-order chi connectivity index (χ0) is 28.1. The van der Waals surface area contributed by atoms with Crippen LogP contribution in [-0.2, 0) is 24.7 Å². The van der Waals surface area contributed by atoms with Crippen LogP contribution in [0, 0.1) is 34.5 Å². The molecule has 2 aromatic carbocycles. The van der Waals surface area contributed by atoms with Gasteiger partial charge in [-0.05, 0) is 72.8 Å². The second kappa shape index (κ2) is 9.90. The van der Waals surface area contributed by atoms with Crippen molar-refractivity contribution in [2.75, 3.05) is 7.11 Å². The van der Waals surface area contributed by atoms with E-state index in [1.807, 2.05) is 36.4 Å². The first-order valence-corrected chi connectivity index (χ1v) is 14.8. The van der Waals surface area contributed by atoms with Crippen LogP contribution in [-0.4, -0.2) is 24.9 Å². The molecule has 0 bridgehead atoms. The van der Waals surface area contributed by atoms with Crippen molar-refractivity contribution in [1.29, 1.82) is 0 Å². The van der Waals surface area contributed by atoms with Crippen molar-refractivity contribution in [2.45, 2.75) is 64.3 Å². The van der Waals surface area contributed by atoms with E-state index in [1.54, 1.807) is 24.3 Å².